The van der Waals surface area contributed by atoms with Gasteiger partial charge >= 0.3 is 0 Å². The third-order valence-electron chi connectivity index (χ3n) is 2.97. The highest BCUT2D eigenvalue weighted by molar-refractivity contribution is 5.97. The van der Waals surface area contributed by atoms with E-state index in [0.717, 1.165) is 12.8 Å². The number of carbonyl (C=O) groups excluding carboxylic acids is 1. The molecule has 1 aromatic rings. The number of para-hydroxylation sites is 1. The summed E-state index contributed by atoms with van der Waals surface area (Å²) < 4.78 is 4.95. The lowest BCUT2D eigenvalue weighted by Crippen LogP contribution is -2.50. The molecular formula is C12H16N2O3. The molecule has 1 amide bonds. The fourth-order valence-electron chi connectivity index (χ4n) is 1.91. The van der Waals surface area contributed by atoms with Crippen LogP contribution in [0, 0.1) is 0 Å². The first-order chi connectivity index (χ1) is 8.11. The van der Waals surface area contributed by atoms with E-state index >= 15 is 0 Å². The van der Waals surface area contributed by atoms with Crippen molar-refractivity contribution in [2.45, 2.75) is 24.9 Å². The first-order valence-corrected chi connectivity index (χ1v) is 5.54. The van der Waals surface area contributed by atoms with Gasteiger partial charge in [-0.3, -0.25) is 4.79 Å². The number of aromatic hydroxyl groups is 1. The number of phenols is 1. The van der Waals surface area contributed by atoms with Crippen molar-refractivity contribution in [1.82, 2.24) is 5.32 Å². The summed E-state index contributed by atoms with van der Waals surface area (Å²) in [6, 6.07) is 5.12. The molecule has 5 nitrogen and oxygen atoms in total. The first kappa shape index (κ1) is 11.7. The second-order valence-electron chi connectivity index (χ2n) is 4.26. The van der Waals surface area contributed by atoms with Gasteiger partial charge in [-0.2, -0.15) is 0 Å². The number of hydrogen-bond acceptors (Lipinski definition) is 4. The fraction of sp³-hybridized carbons (Fsp3) is 0.417. The summed E-state index contributed by atoms with van der Waals surface area (Å²) in [5.74, 6) is -0.127. The van der Waals surface area contributed by atoms with Gasteiger partial charge < -0.3 is 20.9 Å². The molecule has 0 atom stereocenters. The van der Waals surface area contributed by atoms with Gasteiger partial charge in [-0.15, -0.1) is 0 Å². The second kappa shape index (κ2) is 4.63. The van der Waals surface area contributed by atoms with Crippen molar-refractivity contribution in [3.05, 3.63) is 23.8 Å². The lowest BCUT2D eigenvalue weighted by molar-refractivity contribution is 0.0907. The van der Waals surface area contributed by atoms with Gasteiger partial charge in [0.2, 0.25) is 0 Å². The Morgan fingerprint density at radius 3 is 2.82 bits per heavy atom. The van der Waals surface area contributed by atoms with Crippen molar-refractivity contribution in [1.29, 1.82) is 0 Å². The Bertz CT molecular complexity index is 428. The molecular weight excluding hydrogens is 220 g/mol. The minimum Gasteiger partial charge on any atom is -0.504 e. The zero-order valence-electron chi connectivity index (χ0n) is 9.64. The van der Waals surface area contributed by atoms with Crippen molar-refractivity contribution in [2.75, 3.05) is 7.11 Å². The topological polar surface area (TPSA) is 84.6 Å². The van der Waals surface area contributed by atoms with Crippen LogP contribution in [0.25, 0.3) is 0 Å². The number of amides is 1. The van der Waals surface area contributed by atoms with E-state index in [9.17, 15) is 9.90 Å². The van der Waals surface area contributed by atoms with Crippen molar-refractivity contribution in [3.63, 3.8) is 0 Å². The summed E-state index contributed by atoms with van der Waals surface area (Å²) in [6.07, 6.45) is 1.58. The monoisotopic (exact) mass is 236 g/mol. The van der Waals surface area contributed by atoms with Crippen molar-refractivity contribution in [2.24, 2.45) is 5.73 Å². The summed E-state index contributed by atoms with van der Waals surface area (Å²) in [5, 5.41) is 12.6. The van der Waals surface area contributed by atoms with Crippen LogP contribution in [-0.2, 0) is 0 Å². The number of hydrogen-bond donors (Lipinski definition) is 3. The number of methoxy groups -OCH3 is 1. The van der Waals surface area contributed by atoms with E-state index in [1.165, 1.54) is 7.11 Å². The van der Waals surface area contributed by atoms with Crippen LogP contribution >= 0.6 is 0 Å². The Morgan fingerprint density at radius 1 is 1.53 bits per heavy atom. The number of nitrogens with one attached hydrogen (secondary N) is 1. The number of nitrogens with two attached hydrogens (primary N) is 1. The van der Waals surface area contributed by atoms with Crippen molar-refractivity contribution in [3.8, 4) is 11.5 Å². The van der Waals surface area contributed by atoms with Crippen molar-refractivity contribution >= 4 is 5.91 Å². The maximum atomic E-state index is 11.9. The van der Waals surface area contributed by atoms with E-state index in [1.807, 2.05) is 0 Å². The van der Waals surface area contributed by atoms with E-state index in [2.05, 4.69) is 5.32 Å². The molecule has 17 heavy (non-hydrogen) atoms. The molecule has 1 aromatic carbocycles. The highest BCUT2D eigenvalue weighted by Crippen LogP contribution is 2.29. The van der Waals surface area contributed by atoms with Crippen LogP contribution in [0.2, 0.25) is 0 Å². The molecule has 0 unspecified atom stereocenters. The van der Waals surface area contributed by atoms with Gasteiger partial charge in [0.15, 0.2) is 11.5 Å². The number of rotatable bonds is 3. The molecule has 0 saturated heterocycles. The van der Waals surface area contributed by atoms with Crippen LogP contribution in [0.3, 0.4) is 0 Å². The highest BCUT2D eigenvalue weighted by Gasteiger charge is 2.28. The Kier molecular flexibility index (Phi) is 3.19. The Morgan fingerprint density at radius 2 is 2.24 bits per heavy atom. The third kappa shape index (κ3) is 2.34. The predicted molar refractivity (Wildman–Crippen MR) is 63.1 cm³/mol. The third-order valence-corrected chi connectivity index (χ3v) is 2.97. The molecule has 1 aliphatic rings. The van der Waals surface area contributed by atoms with Gasteiger partial charge in [0.25, 0.3) is 5.91 Å². The van der Waals surface area contributed by atoms with Crippen LogP contribution in [-0.4, -0.2) is 30.2 Å². The average molecular weight is 236 g/mol. The van der Waals surface area contributed by atoms with E-state index in [1.54, 1.807) is 18.2 Å². The summed E-state index contributed by atoms with van der Waals surface area (Å²) in [5.41, 5.74) is 5.86. The van der Waals surface area contributed by atoms with Gasteiger partial charge in [0.05, 0.1) is 12.7 Å². The predicted octanol–water partition coefficient (Wildman–Crippen LogP) is 0.620. The molecule has 0 bridgehead atoms. The Labute approximate surface area is 99.6 Å². The van der Waals surface area contributed by atoms with E-state index in [-0.39, 0.29) is 29.3 Å². The molecule has 1 fully saturated rings. The summed E-state index contributed by atoms with van der Waals surface area (Å²) in [7, 11) is 1.45. The molecule has 1 aliphatic carbocycles. The van der Waals surface area contributed by atoms with Gasteiger partial charge in [0, 0.05) is 12.1 Å². The second-order valence-corrected chi connectivity index (χ2v) is 4.26. The molecule has 2 rings (SSSR count). The summed E-state index contributed by atoms with van der Waals surface area (Å²) in [4.78, 5) is 11.9. The molecule has 92 valence electrons. The van der Waals surface area contributed by atoms with Crippen LogP contribution in [0.5, 0.6) is 11.5 Å². The SMILES string of the molecule is COc1cccc(C(=O)NC2CC(N)C2)c1O. The summed E-state index contributed by atoms with van der Waals surface area (Å²) >= 11 is 0. The molecule has 0 aliphatic heterocycles. The lowest BCUT2D eigenvalue weighted by Gasteiger charge is -2.33. The van der Waals surface area contributed by atoms with Gasteiger partial charge in [0.1, 0.15) is 0 Å². The maximum absolute atomic E-state index is 11.9. The maximum Gasteiger partial charge on any atom is 0.255 e. The van der Waals surface area contributed by atoms with Crippen LogP contribution in [0.1, 0.15) is 23.2 Å². The zero-order valence-corrected chi connectivity index (χ0v) is 9.64. The van der Waals surface area contributed by atoms with Crippen molar-refractivity contribution < 1.29 is 14.6 Å². The number of phenolic OH excluding ortho intramolecular Hbond substituents is 1. The molecule has 4 N–H and O–H groups in total. The molecule has 0 radical (unpaired) electrons. The van der Waals surface area contributed by atoms with Gasteiger partial charge in [-0.05, 0) is 25.0 Å². The summed E-state index contributed by atoms with van der Waals surface area (Å²) in [6.45, 7) is 0. The van der Waals surface area contributed by atoms with E-state index in [4.69, 9.17) is 10.5 Å². The minimum absolute atomic E-state index is 0.114. The minimum atomic E-state index is -0.293. The van der Waals surface area contributed by atoms with E-state index < -0.39 is 0 Å². The molecule has 1 saturated carbocycles. The van der Waals surface area contributed by atoms with Crippen LogP contribution in [0.15, 0.2) is 18.2 Å². The average Bonchev–Trinajstić information content (AvgIpc) is 2.27. The molecule has 5 heteroatoms. The quantitative estimate of drug-likeness (QED) is 0.718. The van der Waals surface area contributed by atoms with Gasteiger partial charge in [-0.25, -0.2) is 0 Å². The molecule has 0 aromatic heterocycles. The van der Waals surface area contributed by atoms with E-state index in [0.29, 0.717) is 5.75 Å². The Hall–Kier alpha value is -1.75. The zero-order chi connectivity index (χ0) is 12.4. The number of carbonyl (C=O) groups is 1. The number of ether oxygens (including phenoxy) is 1. The molecule has 0 spiro atoms. The van der Waals surface area contributed by atoms with Crippen LogP contribution in [0.4, 0.5) is 0 Å². The first-order valence-electron chi connectivity index (χ1n) is 5.54. The lowest BCUT2D eigenvalue weighted by atomic mass is 9.87. The standard InChI is InChI=1S/C12H16N2O3/c1-17-10-4-2-3-9(11(10)15)12(16)14-8-5-7(13)6-8/h2-4,7-8,15H,5-6,13H2,1H3,(H,14,16). The van der Waals surface area contributed by atoms with Gasteiger partial charge in [-0.1, -0.05) is 6.07 Å². The fourth-order valence-corrected chi connectivity index (χ4v) is 1.91. The van der Waals surface area contributed by atoms with Crippen LogP contribution < -0.4 is 15.8 Å². The largest absolute Gasteiger partial charge is 0.504 e. The molecule has 0 heterocycles. The highest BCUT2D eigenvalue weighted by atomic mass is 16.5. The smallest absolute Gasteiger partial charge is 0.255 e. The normalized spacial score (nSPS) is 22.7. The number of benzene rings is 1. The Balaban J connectivity index is 2.08.